The fourth-order valence-corrected chi connectivity index (χ4v) is 4.08. The Morgan fingerprint density at radius 1 is 0.844 bits per heavy atom. The van der Waals surface area contributed by atoms with Crippen molar-refractivity contribution in [3.8, 4) is 0 Å². The van der Waals surface area contributed by atoms with Crippen LogP contribution in [0.4, 0.5) is 0 Å². The number of esters is 1. The first-order valence-electron chi connectivity index (χ1n) is 10.1. The highest BCUT2D eigenvalue weighted by Crippen LogP contribution is 2.18. The largest absolute Gasteiger partial charge is 0.452 e. The average molecular weight is 452 g/mol. The Morgan fingerprint density at radius 3 is 2.03 bits per heavy atom. The van der Waals surface area contributed by atoms with E-state index in [1.165, 1.54) is 12.1 Å². The zero-order valence-electron chi connectivity index (χ0n) is 17.7. The van der Waals surface area contributed by atoms with Crippen molar-refractivity contribution >= 4 is 21.7 Å². The van der Waals surface area contributed by atoms with E-state index < -0.39 is 28.3 Å². The number of nitrogens with one attached hydrogen (secondary N) is 1. The summed E-state index contributed by atoms with van der Waals surface area (Å²) >= 11 is 0. The average Bonchev–Trinajstić information content (AvgIpc) is 2.78. The van der Waals surface area contributed by atoms with Crippen LogP contribution in [0.5, 0.6) is 0 Å². The minimum absolute atomic E-state index is 0.104. The highest BCUT2D eigenvalue weighted by Gasteiger charge is 2.17. The lowest BCUT2D eigenvalue weighted by molar-refractivity contribution is -0.125. The fourth-order valence-electron chi connectivity index (χ4n) is 3.28. The summed E-state index contributed by atoms with van der Waals surface area (Å²) in [4.78, 5) is 24.8. The van der Waals surface area contributed by atoms with Gasteiger partial charge in [-0.25, -0.2) is 13.2 Å². The lowest BCUT2D eigenvalue weighted by atomic mass is 9.99. The predicted octanol–water partition coefficient (Wildman–Crippen LogP) is 3.49. The molecular weight excluding hydrogens is 426 g/mol. The van der Waals surface area contributed by atoms with Crippen LogP contribution in [0.2, 0.25) is 0 Å². The van der Waals surface area contributed by atoms with Crippen LogP contribution in [0.1, 0.15) is 33.1 Å². The molecule has 32 heavy (non-hydrogen) atoms. The van der Waals surface area contributed by atoms with Gasteiger partial charge in [0.15, 0.2) is 16.4 Å². The number of carbonyl (C=O) groups excluding carboxylic acids is 2. The molecule has 166 valence electrons. The highest BCUT2D eigenvalue weighted by molar-refractivity contribution is 7.89. The molecule has 3 aromatic carbocycles. The number of carbonyl (C=O) groups is 2. The molecule has 1 N–H and O–H groups in total. The Kier molecular flexibility index (Phi) is 7.78. The standard InChI is InChI=1S/C25H25NO5S/c1-32(29,30)18-20-12-14-22(15-13-20)25(28)31-17-24(27)26-23(21-10-6-3-7-11-21)16-19-8-4-2-5-9-19/h2-15,23H,16-18H2,1H3,(H,26,27). The molecule has 1 atom stereocenters. The van der Waals surface area contributed by atoms with E-state index in [4.69, 9.17) is 4.74 Å². The van der Waals surface area contributed by atoms with Crippen LogP contribution in [0.15, 0.2) is 84.9 Å². The number of ether oxygens (including phenoxy) is 1. The van der Waals surface area contributed by atoms with Crippen molar-refractivity contribution in [3.63, 3.8) is 0 Å². The van der Waals surface area contributed by atoms with Gasteiger partial charge in [0.1, 0.15) is 0 Å². The Morgan fingerprint density at radius 2 is 1.44 bits per heavy atom. The predicted molar refractivity (Wildman–Crippen MR) is 123 cm³/mol. The van der Waals surface area contributed by atoms with E-state index in [1.807, 2.05) is 60.7 Å². The van der Waals surface area contributed by atoms with Crippen LogP contribution in [0.3, 0.4) is 0 Å². The van der Waals surface area contributed by atoms with Crippen LogP contribution in [0.25, 0.3) is 0 Å². The maximum atomic E-state index is 12.5. The minimum Gasteiger partial charge on any atom is -0.452 e. The van der Waals surface area contributed by atoms with Gasteiger partial charge in [0.05, 0.1) is 17.4 Å². The van der Waals surface area contributed by atoms with Gasteiger partial charge >= 0.3 is 5.97 Å². The Balaban J connectivity index is 1.59. The third kappa shape index (κ3) is 7.35. The van der Waals surface area contributed by atoms with Gasteiger partial charge in [-0.05, 0) is 35.2 Å². The van der Waals surface area contributed by atoms with Crippen molar-refractivity contribution in [1.82, 2.24) is 5.32 Å². The summed E-state index contributed by atoms with van der Waals surface area (Å²) in [6.45, 7) is -0.415. The van der Waals surface area contributed by atoms with Crippen LogP contribution < -0.4 is 5.32 Å². The quantitative estimate of drug-likeness (QED) is 0.503. The molecule has 0 heterocycles. The van der Waals surface area contributed by atoms with Crippen molar-refractivity contribution < 1.29 is 22.7 Å². The van der Waals surface area contributed by atoms with Gasteiger partial charge in [0.2, 0.25) is 0 Å². The number of sulfone groups is 1. The second kappa shape index (κ2) is 10.7. The molecule has 3 aromatic rings. The van der Waals surface area contributed by atoms with Gasteiger partial charge in [-0.2, -0.15) is 0 Å². The zero-order chi connectivity index (χ0) is 23.0. The summed E-state index contributed by atoms with van der Waals surface area (Å²) in [5.41, 5.74) is 2.86. The van der Waals surface area contributed by atoms with Crippen LogP contribution in [-0.4, -0.2) is 33.2 Å². The molecule has 0 saturated heterocycles. The molecule has 1 unspecified atom stereocenters. The van der Waals surface area contributed by atoms with Gasteiger partial charge in [0, 0.05) is 6.26 Å². The molecule has 6 nitrogen and oxygen atoms in total. The van der Waals surface area contributed by atoms with Gasteiger partial charge < -0.3 is 10.1 Å². The van der Waals surface area contributed by atoms with Crippen molar-refractivity contribution in [2.45, 2.75) is 18.2 Å². The molecule has 0 aliphatic carbocycles. The zero-order valence-corrected chi connectivity index (χ0v) is 18.5. The first kappa shape index (κ1) is 23.2. The topological polar surface area (TPSA) is 89.5 Å². The smallest absolute Gasteiger partial charge is 0.338 e. The van der Waals surface area contributed by atoms with Gasteiger partial charge in [-0.1, -0.05) is 72.8 Å². The first-order valence-corrected chi connectivity index (χ1v) is 12.2. The lowest BCUT2D eigenvalue weighted by Gasteiger charge is -2.19. The summed E-state index contributed by atoms with van der Waals surface area (Å²) in [6, 6.07) is 25.3. The van der Waals surface area contributed by atoms with Crippen LogP contribution in [0, 0.1) is 0 Å². The Hall–Kier alpha value is -3.45. The van der Waals surface area contributed by atoms with E-state index in [9.17, 15) is 18.0 Å². The SMILES string of the molecule is CS(=O)(=O)Cc1ccc(C(=O)OCC(=O)NC(Cc2ccccc2)c2ccccc2)cc1. The highest BCUT2D eigenvalue weighted by atomic mass is 32.2. The van der Waals surface area contributed by atoms with E-state index in [-0.39, 0.29) is 17.4 Å². The first-order chi connectivity index (χ1) is 15.3. The van der Waals surface area contributed by atoms with Crippen molar-refractivity contribution in [2.75, 3.05) is 12.9 Å². The third-order valence-corrected chi connectivity index (χ3v) is 5.63. The molecule has 0 aliphatic heterocycles. The van der Waals surface area contributed by atoms with Crippen molar-refractivity contribution in [2.24, 2.45) is 0 Å². The monoisotopic (exact) mass is 451 g/mol. The maximum Gasteiger partial charge on any atom is 0.338 e. The summed E-state index contributed by atoms with van der Waals surface area (Å²) in [5.74, 6) is -1.16. The Bertz CT molecular complexity index is 1140. The minimum atomic E-state index is -3.16. The molecule has 0 fully saturated rings. The number of amides is 1. The normalized spacial score (nSPS) is 12.0. The summed E-state index contributed by atoms with van der Waals surface area (Å²) in [5, 5.41) is 2.94. The molecule has 7 heteroatoms. The third-order valence-electron chi connectivity index (χ3n) is 4.77. The summed E-state index contributed by atoms with van der Waals surface area (Å²) in [6.07, 6.45) is 1.75. The maximum absolute atomic E-state index is 12.5. The molecule has 0 spiro atoms. The second-order valence-corrected chi connectivity index (χ2v) is 9.70. The van der Waals surface area contributed by atoms with Gasteiger partial charge in [-0.15, -0.1) is 0 Å². The lowest BCUT2D eigenvalue weighted by Crippen LogP contribution is -2.33. The molecular formula is C25H25NO5S. The summed E-state index contributed by atoms with van der Waals surface area (Å²) in [7, 11) is -3.16. The van der Waals surface area contributed by atoms with Crippen LogP contribution >= 0.6 is 0 Å². The van der Waals surface area contributed by atoms with Gasteiger partial charge in [-0.3, -0.25) is 4.79 Å². The Labute approximate surface area is 188 Å². The van der Waals surface area contributed by atoms with Gasteiger partial charge in [0.25, 0.3) is 5.91 Å². The number of rotatable bonds is 9. The number of benzene rings is 3. The fraction of sp³-hybridized carbons (Fsp3) is 0.200. The van der Waals surface area contributed by atoms with Crippen molar-refractivity contribution in [3.05, 3.63) is 107 Å². The molecule has 0 aliphatic rings. The van der Waals surface area contributed by atoms with E-state index in [0.717, 1.165) is 17.4 Å². The number of hydrogen-bond acceptors (Lipinski definition) is 5. The molecule has 0 saturated carbocycles. The molecule has 1 amide bonds. The van der Waals surface area contributed by atoms with E-state index in [2.05, 4.69) is 5.32 Å². The second-order valence-electron chi connectivity index (χ2n) is 7.56. The van der Waals surface area contributed by atoms with E-state index >= 15 is 0 Å². The summed E-state index contributed by atoms with van der Waals surface area (Å²) < 4.78 is 27.9. The van der Waals surface area contributed by atoms with Crippen LogP contribution in [-0.2, 0) is 31.5 Å². The van der Waals surface area contributed by atoms with E-state index in [1.54, 1.807) is 12.1 Å². The molecule has 0 bridgehead atoms. The molecule has 0 aromatic heterocycles. The number of hydrogen-bond donors (Lipinski definition) is 1. The molecule has 3 rings (SSSR count). The molecule has 0 radical (unpaired) electrons. The van der Waals surface area contributed by atoms with E-state index in [0.29, 0.717) is 12.0 Å². The van der Waals surface area contributed by atoms with Crippen molar-refractivity contribution in [1.29, 1.82) is 0 Å².